The van der Waals surface area contributed by atoms with Crippen molar-refractivity contribution in [3.05, 3.63) is 107 Å². The number of rotatable bonds is 6. The lowest BCUT2D eigenvalue weighted by Crippen LogP contribution is -2.05. The summed E-state index contributed by atoms with van der Waals surface area (Å²) in [6.45, 7) is 6.12. The van der Waals surface area contributed by atoms with Gasteiger partial charge < -0.3 is 15.7 Å². The van der Waals surface area contributed by atoms with E-state index in [1.54, 1.807) is 6.20 Å². The number of benzene rings is 3. The molecule has 3 aromatic carbocycles. The molecular weight excluding hydrogens is 384 g/mol. The molecule has 4 rings (SSSR count). The first-order chi connectivity index (χ1) is 15.0. The van der Waals surface area contributed by atoms with Crippen LogP contribution in [0, 0.1) is 20.8 Å². The van der Waals surface area contributed by atoms with Gasteiger partial charge in [-0.05, 0) is 61.2 Å². The molecular formula is C26H26N4O. The molecule has 4 aromatic rings. The minimum Gasteiger partial charge on any atom is -0.384 e. The van der Waals surface area contributed by atoms with Gasteiger partial charge in [0.1, 0.15) is 11.9 Å². The zero-order valence-electron chi connectivity index (χ0n) is 17.9. The highest BCUT2D eigenvalue weighted by Crippen LogP contribution is 2.30. The summed E-state index contributed by atoms with van der Waals surface area (Å²) < 4.78 is 0. The smallest absolute Gasteiger partial charge is 0.229 e. The average Bonchev–Trinajstić information content (AvgIpc) is 2.78. The number of anilines is 4. The number of hydrogen-bond acceptors (Lipinski definition) is 5. The summed E-state index contributed by atoms with van der Waals surface area (Å²) in [5.74, 6) is 1.23. The maximum Gasteiger partial charge on any atom is 0.229 e. The summed E-state index contributed by atoms with van der Waals surface area (Å²) in [7, 11) is 0. The molecule has 0 fully saturated rings. The first-order valence-electron chi connectivity index (χ1n) is 10.3. The zero-order valence-corrected chi connectivity index (χ0v) is 17.9. The van der Waals surface area contributed by atoms with Crippen LogP contribution in [0.2, 0.25) is 0 Å². The van der Waals surface area contributed by atoms with Crippen molar-refractivity contribution in [2.24, 2.45) is 0 Å². The summed E-state index contributed by atoms with van der Waals surface area (Å²) in [6.07, 6.45) is 1.07. The molecule has 0 aliphatic carbocycles. The number of hydrogen-bond donors (Lipinski definition) is 3. The third-order valence-electron chi connectivity index (χ3n) is 5.20. The van der Waals surface area contributed by atoms with E-state index >= 15 is 0 Å². The van der Waals surface area contributed by atoms with E-state index in [4.69, 9.17) is 0 Å². The highest BCUT2D eigenvalue weighted by atomic mass is 16.3. The molecule has 0 radical (unpaired) electrons. The lowest BCUT2D eigenvalue weighted by atomic mass is 9.96. The van der Waals surface area contributed by atoms with Gasteiger partial charge in [0, 0.05) is 17.6 Å². The molecule has 1 heterocycles. The SMILES string of the molecule is Cc1ccc(Nc2nccc(Nc3c(C)cc(C(O)c4ccccc4)cc3C)n2)cc1. The van der Waals surface area contributed by atoms with E-state index < -0.39 is 6.10 Å². The fraction of sp³-hybridized carbons (Fsp3) is 0.154. The molecule has 1 atom stereocenters. The minimum atomic E-state index is -0.656. The number of nitrogens with zero attached hydrogens (tertiary/aromatic N) is 2. The van der Waals surface area contributed by atoms with Gasteiger partial charge in [0.15, 0.2) is 0 Å². The second-order valence-electron chi connectivity index (χ2n) is 7.72. The van der Waals surface area contributed by atoms with E-state index in [2.05, 4.69) is 27.5 Å². The third-order valence-corrected chi connectivity index (χ3v) is 5.20. The second kappa shape index (κ2) is 8.98. The van der Waals surface area contributed by atoms with Gasteiger partial charge in [0.25, 0.3) is 0 Å². The van der Waals surface area contributed by atoms with Crippen molar-refractivity contribution in [3.63, 3.8) is 0 Å². The Morgan fingerprint density at radius 3 is 2.13 bits per heavy atom. The monoisotopic (exact) mass is 410 g/mol. The topological polar surface area (TPSA) is 70.1 Å². The van der Waals surface area contributed by atoms with Crippen molar-refractivity contribution in [1.29, 1.82) is 0 Å². The van der Waals surface area contributed by atoms with Crippen molar-refractivity contribution >= 4 is 23.1 Å². The molecule has 3 N–H and O–H groups in total. The van der Waals surface area contributed by atoms with Gasteiger partial charge >= 0.3 is 0 Å². The predicted octanol–water partition coefficient (Wildman–Crippen LogP) is 5.97. The molecule has 31 heavy (non-hydrogen) atoms. The van der Waals surface area contributed by atoms with Gasteiger partial charge in [-0.25, -0.2) is 4.98 Å². The van der Waals surface area contributed by atoms with Crippen LogP contribution in [0.15, 0.2) is 79.0 Å². The lowest BCUT2D eigenvalue weighted by Gasteiger charge is -2.18. The summed E-state index contributed by atoms with van der Waals surface area (Å²) in [6, 6.07) is 23.7. The Bertz CT molecular complexity index is 1150. The predicted molar refractivity (Wildman–Crippen MR) is 126 cm³/mol. The minimum absolute atomic E-state index is 0.528. The van der Waals surface area contributed by atoms with Crippen LogP contribution in [0.3, 0.4) is 0 Å². The Morgan fingerprint density at radius 2 is 1.45 bits per heavy atom. The molecule has 0 aliphatic heterocycles. The number of aliphatic hydroxyl groups is 1. The van der Waals surface area contributed by atoms with Gasteiger partial charge in [-0.3, -0.25) is 0 Å². The maximum absolute atomic E-state index is 10.8. The van der Waals surface area contributed by atoms with Crippen LogP contribution >= 0.6 is 0 Å². The van der Waals surface area contributed by atoms with Crippen molar-refractivity contribution in [2.75, 3.05) is 10.6 Å². The molecule has 0 saturated carbocycles. The molecule has 156 valence electrons. The number of aliphatic hydroxyl groups excluding tert-OH is 1. The van der Waals surface area contributed by atoms with Crippen LogP contribution in [0.4, 0.5) is 23.1 Å². The Kier molecular flexibility index (Phi) is 5.96. The van der Waals surface area contributed by atoms with Crippen molar-refractivity contribution in [1.82, 2.24) is 9.97 Å². The van der Waals surface area contributed by atoms with E-state index in [0.29, 0.717) is 11.8 Å². The lowest BCUT2D eigenvalue weighted by molar-refractivity contribution is 0.220. The second-order valence-corrected chi connectivity index (χ2v) is 7.72. The maximum atomic E-state index is 10.8. The molecule has 0 saturated heterocycles. The van der Waals surface area contributed by atoms with Gasteiger partial charge in [0.2, 0.25) is 5.95 Å². The van der Waals surface area contributed by atoms with Crippen LogP contribution in [-0.4, -0.2) is 15.1 Å². The summed E-state index contributed by atoms with van der Waals surface area (Å²) in [4.78, 5) is 8.91. The fourth-order valence-electron chi connectivity index (χ4n) is 3.56. The van der Waals surface area contributed by atoms with E-state index in [-0.39, 0.29) is 0 Å². The average molecular weight is 411 g/mol. The quantitative estimate of drug-likeness (QED) is 0.365. The van der Waals surface area contributed by atoms with Crippen LogP contribution in [0.5, 0.6) is 0 Å². The molecule has 0 aliphatic rings. The third kappa shape index (κ3) is 4.90. The van der Waals surface area contributed by atoms with Gasteiger partial charge in [-0.2, -0.15) is 4.98 Å². The number of nitrogens with one attached hydrogen (secondary N) is 2. The Morgan fingerprint density at radius 1 is 0.774 bits per heavy atom. The first kappa shape index (κ1) is 20.6. The van der Waals surface area contributed by atoms with Crippen molar-refractivity contribution < 1.29 is 5.11 Å². The first-order valence-corrected chi connectivity index (χ1v) is 10.3. The van der Waals surface area contributed by atoms with Crippen LogP contribution in [-0.2, 0) is 0 Å². The largest absolute Gasteiger partial charge is 0.384 e. The molecule has 1 aromatic heterocycles. The van der Waals surface area contributed by atoms with Gasteiger partial charge in [-0.1, -0.05) is 60.2 Å². The highest BCUT2D eigenvalue weighted by molar-refractivity contribution is 5.66. The van der Waals surface area contributed by atoms with Gasteiger partial charge in [-0.15, -0.1) is 0 Å². The van der Waals surface area contributed by atoms with Gasteiger partial charge in [0.05, 0.1) is 0 Å². The summed E-state index contributed by atoms with van der Waals surface area (Å²) in [5, 5.41) is 17.4. The Hall–Kier alpha value is -3.70. The Balaban J connectivity index is 1.55. The molecule has 0 bridgehead atoms. The van der Waals surface area contributed by atoms with Crippen molar-refractivity contribution in [2.45, 2.75) is 26.9 Å². The van der Waals surface area contributed by atoms with Crippen LogP contribution in [0.25, 0.3) is 0 Å². The molecule has 5 nitrogen and oxygen atoms in total. The molecule has 5 heteroatoms. The number of aromatic nitrogens is 2. The standard InChI is InChI=1S/C26H26N4O/c1-17-9-11-22(12-10-17)28-26-27-14-13-23(30-26)29-24-18(2)15-21(16-19(24)3)25(31)20-7-5-4-6-8-20/h4-16,25,31H,1-3H3,(H2,27,28,29,30). The van der Waals surface area contributed by atoms with E-state index in [1.807, 2.05) is 86.6 Å². The Labute approximate surface area is 182 Å². The van der Waals surface area contributed by atoms with E-state index in [0.717, 1.165) is 33.6 Å². The molecule has 0 amide bonds. The molecule has 1 unspecified atom stereocenters. The normalized spacial score (nSPS) is 11.7. The summed E-state index contributed by atoms with van der Waals surface area (Å²) in [5.41, 5.74) is 6.95. The van der Waals surface area contributed by atoms with Crippen LogP contribution < -0.4 is 10.6 Å². The number of aryl methyl sites for hydroxylation is 3. The molecule has 0 spiro atoms. The summed E-state index contributed by atoms with van der Waals surface area (Å²) >= 11 is 0. The van der Waals surface area contributed by atoms with Crippen molar-refractivity contribution in [3.8, 4) is 0 Å². The fourth-order valence-corrected chi connectivity index (χ4v) is 3.56. The van der Waals surface area contributed by atoms with E-state index in [1.165, 1.54) is 5.56 Å². The highest BCUT2D eigenvalue weighted by Gasteiger charge is 2.14. The van der Waals surface area contributed by atoms with E-state index in [9.17, 15) is 5.11 Å². The zero-order chi connectivity index (χ0) is 21.8. The van der Waals surface area contributed by atoms with Crippen LogP contribution in [0.1, 0.15) is 33.9 Å².